The standard InChI is InChI=1S/C13H19NO2.C12H17NO2.C12H14O3/c1-14-12(9-10-13(15)16)8-7-11-5-3-2-4-6-11;2*13-11(8-9-12(14)15)7-6-10-4-2-1-3-5-10/h2-6,12,14H,7-10H2,1H3,(H,15,16);1-5,11H,6-9,13H2,(H,14,15);1-5H,6-9H2,(H,14,15). The first-order chi connectivity index (χ1) is 22.1. The van der Waals surface area contributed by atoms with Gasteiger partial charge in [0.15, 0.2) is 0 Å². The van der Waals surface area contributed by atoms with Crippen LogP contribution >= 0.6 is 0 Å². The molecule has 46 heavy (non-hydrogen) atoms. The van der Waals surface area contributed by atoms with E-state index < -0.39 is 17.9 Å². The molecule has 0 bridgehead atoms. The summed E-state index contributed by atoms with van der Waals surface area (Å²) in [4.78, 5) is 42.3. The number of benzene rings is 3. The molecule has 9 heteroatoms. The molecule has 3 rings (SSSR count). The molecule has 250 valence electrons. The minimum Gasteiger partial charge on any atom is -0.481 e. The molecule has 0 saturated heterocycles. The number of hydrogen-bond acceptors (Lipinski definition) is 6. The number of carbonyl (C=O) groups excluding carboxylic acids is 1. The zero-order valence-electron chi connectivity index (χ0n) is 26.9. The van der Waals surface area contributed by atoms with Crippen LogP contribution in [0.15, 0.2) is 91.0 Å². The number of nitrogens with one attached hydrogen (secondary N) is 1. The number of aliphatic carboxylic acids is 3. The van der Waals surface area contributed by atoms with Gasteiger partial charge in [-0.1, -0.05) is 91.0 Å². The van der Waals surface area contributed by atoms with Crippen LogP contribution < -0.4 is 11.1 Å². The predicted octanol–water partition coefficient (Wildman–Crippen LogP) is 5.94. The number of nitrogens with two attached hydrogens (primary N) is 1. The highest BCUT2D eigenvalue weighted by Crippen LogP contribution is 2.09. The Balaban J connectivity index is 0.000000345. The maximum absolute atomic E-state index is 11.3. The molecule has 2 atom stereocenters. The number of Topliss-reactive ketones (excluding diaryl/α,β-unsaturated/α-hetero) is 1. The smallest absolute Gasteiger partial charge is 0.303 e. The zero-order chi connectivity index (χ0) is 34.0. The Bertz CT molecular complexity index is 1250. The molecule has 6 N–H and O–H groups in total. The van der Waals surface area contributed by atoms with E-state index in [9.17, 15) is 19.2 Å². The van der Waals surface area contributed by atoms with Crippen LogP contribution in [0, 0.1) is 0 Å². The Kier molecular flexibility index (Phi) is 21.5. The minimum absolute atomic E-state index is 0.0127. The lowest BCUT2D eigenvalue weighted by molar-refractivity contribution is -0.139. The molecule has 0 fully saturated rings. The average Bonchev–Trinajstić information content (AvgIpc) is 3.06. The number of hydrogen-bond donors (Lipinski definition) is 5. The van der Waals surface area contributed by atoms with E-state index in [1.54, 1.807) is 0 Å². The van der Waals surface area contributed by atoms with Gasteiger partial charge in [-0.15, -0.1) is 0 Å². The summed E-state index contributed by atoms with van der Waals surface area (Å²) in [5.74, 6) is -2.39. The lowest BCUT2D eigenvalue weighted by atomic mass is 10.0. The summed E-state index contributed by atoms with van der Waals surface area (Å²) >= 11 is 0. The highest BCUT2D eigenvalue weighted by molar-refractivity contribution is 5.82. The second-order valence-electron chi connectivity index (χ2n) is 11.1. The van der Waals surface area contributed by atoms with Gasteiger partial charge in [0, 0.05) is 37.8 Å². The Morgan fingerprint density at radius 3 is 1.39 bits per heavy atom. The number of carboxylic acids is 3. The van der Waals surface area contributed by atoms with Crippen molar-refractivity contribution in [2.24, 2.45) is 5.73 Å². The quantitative estimate of drug-likeness (QED) is 0.107. The number of aryl methyl sites for hydroxylation is 3. The molecule has 0 saturated carbocycles. The first-order valence-corrected chi connectivity index (χ1v) is 15.8. The van der Waals surface area contributed by atoms with Crippen LogP contribution in [-0.2, 0) is 38.4 Å². The van der Waals surface area contributed by atoms with Crippen molar-refractivity contribution in [3.8, 4) is 0 Å². The predicted molar refractivity (Wildman–Crippen MR) is 181 cm³/mol. The minimum atomic E-state index is -0.914. The first kappa shape index (κ1) is 39.7. The van der Waals surface area contributed by atoms with E-state index in [1.165, 1.54) is 11.1 Å². The van der Waals surface area contributed by atoms with Gasteiger partial charge in [-0.25, -0.2) is 0 Å². The Morgan fingerprint density at radius 1 is 0.543 bits per heavy atom. The van der Waals surface area contributed by atoms with Gasteiger partial charge in [0.25, 0.3) is 0 Å². The fourth-order valence-electron chi connectivity index (χ4n) is 4.47. The third kappa shape index (κ3) is 22.2. The Hall–Kier alpha value is -4.34. The summed E-state index contributed by atoms with van der Waals surface area (Å²) in [5.41, 5.74) is 9.48. The molecule has 0 aliphatic heterocycles. The van der Waals surface area contributed by atoms with E-state index in [2.05, 4.69) is 29.6 Å². The van der Waals surface area contributed by atoms with Crippen LogP contribution in [0.5, 0.6) is 0 Å². The van der Waals surface area contributed by atoms with E-state index in [0.29, 0.717) is 25.7 Å². The fraction of sp³-hybridized carbons (Fsp3) is 0.405. The van der Waals surface area contributed by atoms with Crippen molar-refractivity contribution >= 4 is 23.7 Å². The summed E-state index contributed by atoms with van der Waals surface area (Å²) in [6.07, 6.45) is 6.59. The van der Waals surface area contributed by atoms with Crippen LogP contribution in [0.25, 0.3) is 0 Å². The topological polar surface area (TPSA) is 167 Å². The summed E-state index contributed by atoms with van der Waals surface area (Å²) < 4.78 is 0. The van der Waals surface area contributed by atoms with Gasteiger partial charge in [-0.05, 0) is 68.7 Å². The van der Waals surface area contributed by atoms with E-state index in [4.69, 9.17) is 21.1 Å². The van der Waals surface area contributed by atoms with Crippen molar-refractivity contribution < 1.29 is 34.5 Å². The van der Waals surface area contributed by atoms with Crippen LogP contribution in [0.4, 0.5) is 0 Å². The van der Waals surface area contributed by atoms with Gasteiger partial charge >= 0.3 is 17.9 Å². The highest BCUT2D eigenvalue weighted by atomic mass is 16.4. The molecular formula is C37H50N2O7. The number of rotatable bonds is 19. The molecular weight excluding hydrogens is 584 g/mol. The molecule has 0 heterocycles. The molecule has 0 aliphatic rings. The molecule has 3 aromatic rings. The monoisotopic (exact) mass is 634 g/mol. The molecule has 0 radical (unpaired) electrons. The summed E-state index contributed by atoms with van der Waals surface area (Å²) in [5, 5.41) is 28.7. The van der Waals surface area contributed by atoms with Gasteiger partial charge in [0.1, 0.15) is 5.78 Å². The third-order valence-electron chi connectivity index (χ3n) is 7.27. The van der Waals surface area contributed by atoms with Crippen LogP contribution in [-0.4, -0.2) is 58.1 Å². The molecule has 0 spiro atoms. The maximum atomic E-state index is 11.3. The fourth-order valence-corrected chi connectivity index (χ4v) is 4.47. The summed E-state index contributed by atoms with van der Waals surface area (Å²) in [6.45, 7) is 0. The Labute approximate surface area is 272 Å². The maximum Gasteiger partial charge on any atom is 0.303 e. The van der Waals surface area contributed by atoms with E-state index in [-0.39, 0.29) is 43.6 Å². The molecule has 0 aromatic heterocycles. The second-order valence-corrected chi connectivity index (χ2v) is 11.1. The van der Waals surface area contributed by atoms with Crippen LogP contribution in [0.3, 0.4) is 0 Å². The number of ketones is 1. The Morgan fingerprint density at radius 2 is 0.957 bits per heavy atom. The van der Waals surface area contributed by atoms with Crippen molar-refractivity contribution in [3.63, 3.8) is 0 Å². The lowest BCUT2D eigenvalue weighted by Gasteiger charge is -2.14. The van der Waals surface area contributed by atoms with E-state index >= 15 is 0 Å². The summed E-state index contributed by atoms with van der Waals surface area (Å²) in [7, 11) is 1.89. The lowest BCUT2D eigenvalue weighted by Crippen LogP contribution is -2.26. The summed E-state index contributed by atoms with van der Waals surface area (Å²) in [6, 6.07) is 30.3. The molecule has 0 amide bonds. The van der Waals surface area contributed by atoms with Crippen molar-refractivity contribution in [1.82, 2.24) is 5.32 Å². The van der Waals surface area contributed by atoms with Gasteiger partial charge in [-0.2, -0.15) is 0 Å². The molecule has 3 aromatic carbocycles. The third-order valence-corrected chi connectivity index (χ3v) is 7.27. The van der Waals surface area contributed by atoms with Gasteiger partial charge in [-0.3, -0.25) is 19.2 Å². The van der Waals surface area contributed by atoms with E-state index in [1.807, 2.05) is 73.8 Å². The van der Waals surface area contributed by atoms with Gasteiger partial charge < -0.3 is 26.4 Å². The van der Waals surface area contributed by atoms with Gasteiger partial charge in [0.2, 0.25) is 0 Å². The van der Waals surface area contributed by atoms with Crippen molar-refractivity contribution in [2.75, 3.05) is 7.05 Å². The van der Waals surface area contributed by atoms with Gasteiger partial charge in [0.05, 0.1) is 6.42 Å². The molecule has 2 unspecified atom stereocenters. The SMILES string of the molecule is CNC(CCC(=O)O)CCc1ccccc1.NC(CCC(=O)O)CCc1ccccc1.O=C(O)CCC(=O)CCc1ccccc1. The second kappa shape index (κ2) is 24.9. The van der Waals surface area contributed by atoms with Crippen molar-refractivity contribution in [3.05, 3.63) is 108 Å². The van der Waals surface area contributed by atoms with E-state index in [0.717, 1.165) is 31.2 Å². The highest BCUT2D eigenvalue weighted by Gasteiger charge is 2.09. The first-order valence-electron chi connectivity index (χ1n) is 15.8. The normalized spacial score (nSPS) is 11.5. The van der Waals surface area contributed by atoms with Crippen LogP contribution in [0.1, 0.15) is 74.5 Å². The number of carbonyl (C=O) groups is 4. The van der Waals surface area contributed by atoms with Crippen LogP contribution in [0.2, 0.25) is 0 Å². The zero-order valence-corrected chi connectivity index (χ0v) is 26.9. The molecule has 9 nitrogen and oxygen atoms in total. The number of carboxylic acid groups (broad SMARTS) is 3. The van der Waals surface area contributed by atoms with Crippen molar-refractivity contribution in [2.45, 2.75) is 89.1 Å². The average molecular weight is 635 g/mol. The molecule has 0 aliphatic carbocycles. The van der Waals surface area contributed by atoms with Crippen molar-refractivity contribution in [1.29, 1.82) is 0 Å². The largest absolute Gasteiger partial charge is 0.481 e.